The zero-order valence-electron chi connectivity index (χ0n) is 7.13. The first-order valence-electron chi connectivity index (χ1n) is 3.91. The maximum atomic E-state index is 13.1. The molecule has 5 atom stereocenters. The fraction of sp³-hybridized carbons (Fsp3) is 1.00. The van der Waals surface area contributed by atoms with E-state index in [0.717, 1.165) is 0 Å². The predicted molar refractivity (Wildman–Crippen MR) is 39.7 cm³/mol. The maximum Gasteiger partial charge on any atom is 0.186 e. The molecule has 1 aliphatic heterocycles. The fourth-order valence-electron chi connectivity index (χ4n) is 1.26. The fourth-order valence-corrected chi connectivity index (χ4v) is 1.26. The third-order valence-electron chi connectivity index (χ3n) is 2.01. The Hall–Kier alpha value is -0.270. The van der Waals surface area contributed by atoms with Gasteiger partial charge in [-0.3, -0.25) is 0 Å². The molecule has 0 aromatic rings. The van der Waals surface area contributed by atoms with Gasteiger partial charge >= 0.3 is 0 Å². The van der Waals surface area contributed by atoms with Gasteiger partial charge in [0.2, 0.25) is 0 Å². The van der Waals surface area contributed by atoms with Gasteiger partial charge in [-0.05, 0) is 0 Å². The molecule has 1 fully saturated rings. The average Bonchev–Trinajstić information content (AvgIpc) is 2.43. The molecular formula is C7H13FO5. The Balaban J connectivity index is 2.60. The molecule has 0 saturated carbocycles. The number of aliphatic hydroxyl groups excluding tert-OH is 3. The molecule has 1 heterocycles. The Labute approximate surface area is 74.7 Å². The Kier molecular flexibility index (Phi) is 3.57. The molecule has 0 amide bonds. The first-order chi connectivity index (χ1) is 6.11. The molecule has 78 valence electrons. The van der Waals surface area contributed by atoms with Crippen LogP contribution in [0.2, 0.25) is 0 Å². The van der Waals surface area contributed by atoms with Crippen molar-refractivity contribution in [2.75, 3.05) is 13.7 Å². The van der Waals surface area contributed by atoms with Gasteiger partial charge in [0.25, 0.3) is 0 Å². The summed E-state index contributed by atoms with van der Waals surface area (Å²) in [7, 11) is 1.26. The van der Waals surface area contributed by atoms with Gasteiger partial charge in [0, 0.05) is 7.11 Å². The summed E-state index contributed by atoms with van der Waals surface area (Å²) in [5, 5.41) is 26.8. The Morgan fingerprint density at radius 3 is 2.62 bits per heavy atom. The predicted octanol–water partition coefficient (Wildman–Crippen LogP) is -1.59. The third-order valence-corrected chi connectivity index (χ3v) is 2.01. The van der Waals surface area contributed by atoms with Crippen molar-refractivity contribution < 1.29 is 29.2 Å². The van der Waals surface area contributed by atoms with E-state index in [1.165, 1.54) is 7.11 Å². The van der Waals surface area contributed by atoms with Crippen molar-refractivity contribution in [2.24, 2.45) is 0 Å². The van der Waals surface area contributed by atoms with Crippen LogP contribution in [0.5, 0.6) is 0 Å². The van der Waals surface area contributed by atoms with Gasteiger partial charge in [0.1, 0.15) is 18.3 Å². The van der Waals surface area contributed by atoms with Crippen molar-refractivity contribution in [3.05, 3.63) is 0 Å². The second-order valence-corrected chi connectivity index (χ2v) is 2.89. The normalized spacial score (nSPS) is 42.2. The number of methoxy groups -OCH3 is 1. The maximum absolute atomic E-state index is 13.1. The van der Waals surface area contributed by atoms with E-state index in [4.69, 9.17) is 20.1 Å². The van der Waals surface area contributed by atoms with E-state index in [1.807, 2.05) is 0 Å². The van der Waals surface area contributed by atoms with E-state index < -0.39 is 37.4 Å². The van der Waals surface area contributed by atoms with E-state index in [-0.39, 0.29) is 0 Å². The van der Waals surface area contributed by atoms with Crippen molar-refractivity contribution in [3.8, 4) is 0 Å². The van der Waals surface area contributed by atoms with Gasteiger partial charge in [-0.25, -0.2) is 4.39 Å². The van der Waals surface area contributed by atoms with Crippen LogP contribution in [0, 0.1) is 0 Å². The van der Waals surface area contributed by atoms with Crippen molar-refractivity contribution in [2.45, 2.75) is 30.8 Å². The van der Waals surface area contributed by atoms with E-state index in [0.29, 0.717) is 0 Å². The molecular weight excluding hydrogens is 183 g/mol. The quantitative estimate of drug-likeness (QED) is 0.507. The summed E-state index contributed by atoms with van der Waals surface area (Å²) in [6.45, 7) is -0.617. The summed E-state index contributed by atoms with van der Waals surface area (Å²) < 4.78 is 22.6. The van der Waals surface area contributed by atoms with Crippen LogP contribution in [0.15, 0.2) is 0 Å². The van der Waals surface area contributed by atoms with E-state index in [1.54, 1.807) is 0 Å². The summed E-state index contributed by atoms with van der Waals surface area (Å²) in [5.74, 6) is 0. The van der Waals surface area contributed by atoms with Gasteiger partial charge in [-0.2, -0.15) is 0 Å². The Morgan fingerprint density at radius 2 is 2.23 bits per heavy atom. The summed E-state index contributed by atoms with van der Waals surface area (Å²) in [5.41, 5.74) is 0. The van der Waals surface area contributed by atoms with E-state index >= 15 is 0 Å². The smallest absolute Gasteiger partial charge is 0.186 e. The molecule has 0 unspecified atom stereocenters. The molecule has 0 bridgehead atoms. The van der Waals surface area contributed by atoms with Gasteiger partial charge in [-0.15, -0.1) is 0 Å². The van der Waals surface area contributed by atoms with Crippen molar-refractivity contribution in [1.82, 2.24) is 0 Å². The molecule has 1 aliphatic rings. The average molecular weight is 196 g/mol. The highest BCUT2D eigenvalue weighted by atomic mass is 19.1. The topological polar surface area (TPSA) is 79.2 Å². The number of hydrogen-bond acceptors (Lipinski definition) is 5. The minimum Gasteiger partial charge on any atom is -0.394 e. The molecule has 5 nitrogen and oxygen atoms in total. The molecule has 6 heteroatoms. The molecule has 0 spiro atoms. The number of halogens is 1. The van der Waals surface area contributed by atoms with Crippen LogP contribution in [-0.4, -0.2) is 59.8 Å². The highest BCUT2D eigenvalue weighted by Crippen LogP contribution is 2.26. The second-order valence-electron chi connectivity index (χ2n) is 2.89. The van der Waals surface area contributed by atoms with E-state index in [2.05, 4.69) is 4.74 Å². The Bertz CT molecular complexity index is 167. The molecule has 0 radical (unpaired) electrons. The van der Waals surface area contributed by atoms with Crippen LogP contribution in [-0.2, 0) is 9.47 Å². The SMILES string of the molecule is CO[C@@H]1O[C@@H]([C@H](O)CO)[C@H](F)[C@H]1O. The number of ether oxygens (including phenoxy) is 2. The zero-order valence-corrected chi connectivity index (χ0v) is 7.13. The lowest BCUT2D eigenvalue weighted by atomic mass is 10.1. The largest absolute Gasteiger partial charge is 0.394 e. The molecule has 0 aromatic carbocycles. The molecule has 1 rings (SSSR count). The molecule has 13 heavy (non-hydrogen) atoms. The van der Waals surface area contributed by atoms with Crippen LogP contribution < -0.4 is 0 Å². The van der Waals surface area contributed by atoms with Gasteiger partial charge < -0.3 is 24.8 Å². The molecule has 0 aromatic heterocycles. The van der Waals surface area contributed by atoms with Crippen LogP contribution in [0.25, 0.3) is 0 Å². The lowest BCUT2D eigenvalue weighted by molar-refractivity contribution is -0.166. The molecule has 0 aliphatic carbocycles. The number of alkyl halides is 1. The highest BCUT2D eigenvalue weighted by molar-refractivity contribution is 4.90. The van der Waals surface area contributed by atoms with Crippen LogP contribution in [0.1, 0.15) is 0 Å². The number of rotatable bonds is 3. The first-order valence-corrected chi connectivity index (χ1v) is 3.91. The second kappa shape index (κ2) is 4.30. The summed E-state index contributed by atoms with van der Waals surface area (Å²) in [6.07, 6.45) is -6.82. The minimum absolute atomic E-state index is 0.617. The minimum atomic E-state index is -1.74. The lowest BCUT2D eigenvalue weighted by Crippen LogP contribution is -2.37. The summed E-state index contributed by atoms with van der Waals surface area (Å²) in [6, 6.07) is 0. The Morgan fingerprint density at radius 1 is 1.62 bits per heavy atom. The van der Waals surface area contributed by atoms with Gasteiger partial charge in [0.05, 0.1) is 6.61 Å². The monoisotopic (exact) mass is 196 g/mol. The van der Waals surface area contributed by atoms with Crippen LogP contribution in [0.4, 0.5) is 4.39 Å². The summed E-state index contributed by atoms with van der Waals surface area (Å²) in [4.78, 5) is 0. The zero-order chi connectivity index (χ0) is 10.0. The van der Waals surface area contributed by atoms with Crippen molar-refractivity contribution >= 4 is 0 Å². The van der Waals surface area contributed by atoms with Crippen LogP contribution >= 0.6 is 0 Å². The third kappa shape index (κ3) is 1.97. The first kappa shape index (κ1) is 10.8. The van der Waals surface area contributed by atoms with Crippen molar-refractivity contribution in [3.63, 3.8) is 0 Å². The number of aliphatic hydroxyl groups is 3. The standard InChI is InChI=1S/C7H13FO5/c1-12-7-5(11)4(8)6(13-7)3(10)2-9/h3-7,9-11H,2H2,1H3/t3-,4-,5-,6+,7-/m1/s1. The van der Waals surface area contributed by atoms with Gasteiger partial charge in [0.15, 0.2) is 12.5 Å². The highest BCUT2D eigenvalue weighted by Gasteiger charge is 2.47. The van der Waals surface area contributed by atoms with E-state index in [9.17, 15) is 4.39 Å². The van der Waals surface area contributed by atoms with Gasteiger partial charge in [-0.1, -0.05) is 0 Å². The molecule has 1 saturated heterocycles. The number of hydrogen-bond donors (Lipinski definition) is 3. The summed E-state index contributed by atoms with van der Waals surface area (Å²) >= 11 is 0. The van der Waals surface area contributed by atoms with Crippen molar-refractivity contribution in [1.29, 1.82) is 0 Å². The lowest BCUT2D eigenvalue weighted by Gasteiger charge is -2.16. The molecule has 3 N–H and O–H groups in total. The van der Waals surface area contributed by atoms with Crippen LogP contribution in [0.3, 0.4) is 0 Å².